The molecule has 2 N–H and O–H groups in total. The Kier molecular flexibility index (Phi) is 3.99. The number of hydrogen-bond donors (Lipinski definition) is 1. The Morgan fingerprint density at radius 2 is 1.79 bits per heavy atom. The molecule has 0 aliphatic carbocycles. The van der Waals surface area contributed by atoms with Crippen LogP contribution in [0.1, 0.15) is 22.6 Å². The highest BCUT2D eigenvalue weighted by atomic mass is 35.5. The van der Waals surface area contributed by atoms with Crippen molar-refractivity contribution in [3.8, 4) is 6.07 Å². The first-order chi connectivity index (χ1) is 9.02. The molecule has 0 saturated carbocycles. The monoisotopic (exact) mass is 290 g/mol. The Balaban J connectivity index is 2.52. The highest BCUT2D eigenvalue weighted by Crippen LogP contribution is 2.33. The smallest absolute Gasteiger partial charge is 0.0977 e. The first-order valence-electron chi connectivity index (χ1n) is 5.73. The van der Waals surface area contributed by atoms with Crippen molar-refractivity contribution < 1.29 is 0 Å². The summed E-state index contributed by atoms with van der Waals surface area (Å²) in [5.74, 6) is -0.427. The molecular formula is C15H12Cl2N2. The third-order valence-corrected chi connectivity index (χ3v) is 3.61. The van der Waals surface area contributed by atoms with Crippen LogP contribution in [0.5, 0.6) is 0 Å². The molecule has 1 atom stereocenters. The van der Waals surface area contributed by atoms with Gasteiger partial charge in [-0.25, -0.2) is 0 Å². The Morgan fingerprint density at radius 1 is 1.16 bits per heavy atom. The molecule has 2 aromatic rings. The molecule has 2 rings (SSSR count). The molecule has 2 aromatic carbocycles. The predicted octanol–water partition coefficient (Wildman–Crippen LogP) is 4.54. The molecule has 2 nitrogen and oxygen atoms in total. The van der Waals surface area contributed by atoms with E-state index in [0.717, 1.165) is 16.7 Å². The van der Waals surface area contributed by atoms with Gasteiger partial charge in [0, 0.05) is 15.7 Å². The Bertz CT molecular complexity index is 642. The number of aryl methyl sites for hydroxylation is 1. The standard InChI is InChI=1S/C15H12Cl2N2/c1-9-6-12(14(17)7-15(9)19)13(8-18)10-2-4-11(16)5-3-10/h2-7,13H,19H2,1H3/t13-/m0/s1. The number of nitrogen functional groups attached to an aromatic ring is 1. The van der Waals surface area contributed by atoms with Crippen LogP contribution < -0.4 is 5.73 Å². The minimum absolute atomic E-state index is 0.427. The molecule has 0 aliphatic heterocycles. The lowest BCUT2D eigenvalue weighted by atomic mass is 9.91. The lowest BCUT2D eigenvalue weighted by Crippen LogP contribution is -2.01. The van der Waals surface area contributed by atoms with Crippen LogP contribution in [0, 0.1) is 18.3 Å². The number of nitrogens with two attached hydrogens (primary N) is 1. The predicted molar refractivity (Wildman–Crippen MR) is 79.5 cm³/mol. The third-order valence-electron chi connectivity index (χ3n) is 3.03. The topological polar surface area (TPSA) is 49.8 Å². The molecule has 4 heteroatoms. The van der Waals surface area contributed by atoms with Gasteiger partial charge in [0.25, 0.3) is 0 Å². The minimum Gasteiger partial charge on any atom is -0.398 e. The highest BCUT2D eigenvalue weighted by Gasteiger charge is 2.17. The molecule has 0 amide bonds. The maximum absolute atomic E-state index is 9.41. The van der Waals surface area contributed by atoms with Crippen molar-refractivity contribution >= 4 is 28.9 Å². The second kappa shape index (κ2) is 5.52. The molecular weight excluding hydrogens is 279 g/mol. The molecule has 0 heterocycles. The zero-order chi connectivity index (χ0) is 14.0. The van der Waals surface area contributed by atoms with E-state index in [1.54, 1.807) is 18.2 Å². The van der Waals surface area contributed by atoms with Crippen LogP contribution in [-0.4, -0.2) is 0 Å². The number of rotatable bonds is 2. The molecule has 0 saturated heterocycles. The first-order valence-corrected chi connectivity index (χ1v) is 6.49. The van der Waals surface area contributed by atoms with Crippen molar-refractivity contribution in [3.05, 3.63) is 63.1 Å². The van der Waals surface area contributed by atoms with Crippen molar-refractivity contribution in [2.24, 2.45) is 0 Å². The number of nitrogens with zero attached hydrogens (tertiary/aromatic N) is 1. The number of hydrogen-bond acceptors (Lipinski definition) is 2. The molecule has 0 fully saturated rings. The average Bonchev–Trinajstić information content (AvgIpc) is 2.38. The zero-order valence-corrected chi connectivity index (χ0v) is 11.8. The minimum atomic E-state index is -0.427. The fraction of sp³-hybridized carbons (Fsp3) is 0.133. The number of nitriles is 1. The lowest BCUT2D eigenvalue weighted by Gasteiger charge is -2.14. The van der Waals surface area contributed by atoms with Gasteiger partial charge in [-0.2, -0.15) is 5.26 Å². The van der Waals surface area contributed by atoms with Gasteiger partial charge in [0.1, 0.15) is 0 Å². The van der Waals surface area contributed by atoms with E-state index in [4.69, 9.17) is 28.9 Å². The van der Waals surface area contributed by atoms with Gasteiger partial charge < -0.3 is 5.73 Å². The van der Waals surface area contributed by atoms with E-state index in [9.17, 15) is 5.26 Å². The SMILES string of the molecule is Cc1cc([C@@H](C#N)c2ccc(Cl)cc2)c(Cl)cc1N. The summed E-state index contributed by atoms with van der Waals surface area (Å²) >= 11 is 12.1. The van der Waals surface area contributed by atoms with Gasteiger partial charge in [-0.1, -0.05) is 41.4 Å². The fourth-order valence-electron chi connectivity index (χ4n) is 1.92. The van der Waals surface area contributed by atoms with Gasteiger partial charge in [-0.15, -0.1) is 0 Å². The number of halogens is 2. The van der Waals surface area contributed by atoms with E-state index in [1.165, 1.54) is 0 Å². The van der Waals surface area contributed by atoms with Crippen LogP contribution in [-0.2, 0) is 0 Å². The summed E-state index contributed by atoms with van der Waals surface area (Å²) in [6.07, 6.45) is 0. The normalized spacial score (nSPS) is 11.9. The summed E-state index contributed by atoms with van der Waals surface area (Å²) in [6, 6.07) is 13.0. The molecule has 0 spiro atoms. The molecule has 19 heavy (non-hydrogen) atoms. The molecule has 0 bridgehead atoms. The second-order valence-electron chi connectivity index (χ2n) is 4.34. The number of anilines is 1. The van der Waals surface area contributed by atoms with Crippen LogP contribution in [0.4, 0.5) is 5.69 Å². The van der Waals surface area contributed by atoms with Gasteiger partial charge in [-0.05, 0) is 41.8 Å². The van der Waals surface area contributed by atoms with Gasteiger partial charge >= 0.3 is 0 Å². The van der Waals surface area contributed by atoms with E-state index in [0.29, 0.717) is 15.7 Å². The third kappa shape index (κ3) is 2.84. The van der Waals surface area contributed by atoms with Crippen molar-refractivity contribution in [2.75, 3.05) is 5.73 Å². The van der Waals surface area contributed by atoms with Crippen LogP contribution in [0.25, 0.3) is 0 Å². The summed E-state index contributed by atoms with van der Waals surface area (Å²) in [6.45, 7) is 1.89. The van der Waals surface area contributed by atoms with Crippen LogP contribution in [0.15, 0.2) is 36.4 Å². The van der Waals surface area contributed by atoms with Crippen LogP contribution in [0.2, 0.25) is 10.0 Å². The molecule has 96 valence electrons. The maximum atomic E-state index is 9.41. The van der Waals surface area contributed by atoms with Crippen LogP contribution >= 0.6 is 23.2 Å². The Morgan fingerprint density at radius 3 is 2.37 bits per heavy atom. The zero-order valence-electron chi connectivity index (χ0n) is 10.3. The summed E-state index contributed by atoms with van der Waals surface area (Å²) in [7, 11) is 0. The fourth-order valence-corrected chi connectivity index (χ4v) is 2.33. The maximum Gasteiger partial charge on any atom is 0.0977 e. The van der Waals surface area contributed by atoms with Crippen molar-refractivity contribution in [1.29, 1.82) is 5.26 Å². The lowest BCUT2D eigenvalue weighted by molar-refractivity contribution is 1.03. The summed E-state index contributed by atoms with van der Waals surface area (Å²) in [5.41, 5.74) is 8.96. The van der Waals surface area contributed by atoms with E-state index in [2.05, 4.69) is 6.07 Å². The summed E-state index contributed by atoms with van der Waals surface area (Å²) in [5, 5.41) is 10.6. The summed E-state index contributed by atoms with van der Waals surface area (Å²) < 4.78 is 0. The van der Waals surface area contributed by atoms with Crippen molar-refractivity contribution in [1.82, 2.24) is 0 Å². The number of benzene rings is 2. The van der Waals surface area contributed by atoms with E-state index in [-0.39, 0.29) is 0 Å². The van der Waals surface area contributed by atoms with Crippen molar-refractivity contribution in [2.45, 2.75) is 12.8 Å². The van der Waals surface area contributed by atoms with Gasteiger partial charge in [0.15, 0.2) is 0 Å². The van der Waals surface area contributed by atoms with E-state index in [1.807, 2.05) is 25.1 Å². The van der Waals surface area contributed by atoms with E-state index >= 15 is 0 Å². The second-order valence-corrected chi connectivity index (χ2v) is 5.19. The van der Waals surface area contributed by atoms with Gasteiger partial charge in [-0.3, -0.25) is 0 Å². The van der Waals surface area contributed by atoms with Crippen LogP contribution in [0.3, 0.4) is 0 Å². The molecule has 0 aliphatic rings. The Hall–Kier alpha value is -1.69. The van der Waals surface area contributed by atoms with Gasteiger partial charge in [0.05, 0.1) is 12.0 Å². The Labute approximate surface area is 122 Å². The quantitative estimate of drug-likeness (QED) is 0.826. The largest absolute Gasteiger partial charge is 0.398 e. The molecule has 0 unspecified atom stereocenters. The van der Waals surface area contributed by atoms with Gasteiger partial charge in [0.2, 0.25) is 0 Å². The summed E-state index contributed by atoms with van der Waals surface area (Å²) in [4.78, 5) is 0. The molecule has 0 radical (unpaired) electrons. The van der Waals surface area contributed by atoms with Crippen molar-refractivity contribution in [3.63, 3.8) is 0 Å². The highest BCUT2D eigenvalue weighted by molar-refractivity contribution is 6.32. The average molecular weight is 291 g/mol. The van der Waals surface area contributed by atoms with E-state index < -0.39 is 5.92 Å². The molecule has 0 aromatic heterocycles. The first kappa shape index (κ1) is 13.7.